The summed E-state index contributed by atoms with van der Waals surface area (Å²) < 4.78 is 10.4. The zero-order chi connectivity index (χ0) is 10.5. The number of rotatable bonds is 6. The van der Waals surface area contributed by atoms with Crippen molar-refractivity contribution in [2.75, 3.05) is 20.0 Å². The highest BCUT2D eigenvalue weighted by Crippen LogP contribution is 1.99. The van der Waals surface area contributed by atoms with E-state index in [-0.39, 0.29) is 17.9 Å². The van der Waals surface area contributed by atoms with Crippen LogP contribution in [0.5, 0.6) is 0 Å². The highest BCUT2D eigenvalue weighted by Gasteiger charge is 2.12. The van der Waals surface area contributed by atoms with Crippen LogP contribution >= 0.6 is 0 Å². The molecule has 0 aliphatic heterocycles. The Kier molecular flexibility index (Phi) is 4.85. The van der Waals surface area contributed by atoms with Crippen molar-refractivity contribution < 1.29 is 9.47 Å². The van der Waals surface area contributed by atoms with Crippen LogP contribution in [-0.2, 0) is 9.47 Å². The Bertz CT molecular complexity index is 120. The van der Waals surface area contributed by atoms with E-state index < -0.39 is 0 Å². The van der Waals surface area contributed by atoms with Crippen molar-refractivity contribution in [1.29, 1.82) is 0 Å². The molecule has 0 atom stereocenters. The predicted molar refractivity (Wildman–Crippen MR) is 53.3 cm³/mol. The Morgan fingerprint density at radius 2 is 1.15 bits per heavy atom. The Hall–Kier alpha value is -0.160. The Labute approximate surface area is 80.6 Å². The summed E-state index contributed by atoms with van der Waals surface area (Å²) >= 11 is 0. The molecule has 4 heteroatoms. The zero-order valence-electron chi connectivity index (χ0n) is 9.09. The lowest BCUT2D eigenvalue weighted by atomic mass is 10.1. The van der Waals surface area contributed by atoms with E-state index in [0.717, 1.165) is 0 Å². The summed E-state index contributed by atoms with van der Waals surface area (Å²) in [5, 5.41) is 0. The third-order valence-electron chi connectivity index (χ3n) is 1.11. The van der Waals surface area contributed by atoms with Crippen LogP contribution in [0.1, 0.15) is 27.7 Å². The standard InChI is InChI=1S/C9H22N2O2/c1-8(2,10)5-12-7-13-6-9(3,4)11/h5-7,10-11H2,1-4H3. The van der Waals surface area contributed by atoms with Gasteiger partial charge in [-0.3, -0.25) is 0 Å². The molecule has 4 N–H and O–H groups in total. The molecule has 13 heavy (non-hydrogen) atoms. The van der Waals surface area contributed by atoms with Crippen molar-refractivity contribution in [2.45, 2.75) is 38.8 Å². The van der Waals surface area contributed by atoms with Gasteiger partial charge >= 0.3 is 0 Å². The van der Waals surface area contributed by atoms with Crippen molar-refractivity contribution in [2.24, 2.45) is 11.5 Å². The Morgan fingerprint density at radius 3 is 1.38 bits per heavy atom. The molecule has 0 heterocycles. The average molecular weight is 190 g/mol. The number of hydrogen-bond acceptors (Lipinski definition) is 4. The van der Waals surface area contributed by atoms with E-state index in [0.29, 0.717) is 13.2 Å². The summed E-state index contributed by atoms with van der Waals surface area (Å²) in [6, 6.07) is 0. The molecule has 0 aliphatic carbocycles. The fraction of sp³-hybridized carbons (Fsp3) is 1.00. The average Bonchev–Trinajstić information content (AvgIpc) is 1.81. The van der Waals surface area contributed by atoms with E-state index in [1.165, 1.54) is 0 Å². The first-order valence-corrected chi connectivity index (χ1v) is 4.44. The number of ether oxygens (including phenoxy) is 2. The van der Waals surface area contributed by atoms with Crippen molar-refractivity contribution >= 4 is 0 Å². The molecule has 0 radical (unpaired) electrons. The van der Waals surface area contributed by atoms with Gasteiger partial charge < -0.3 is 20.9 Å². The second kappa shape index (κ2) is 4.91. The molecule has 0 aromatic heterocycles. The number of nitrogens with two attached hydrogens (primary N) is 2. The summed E-state index contributed by atoms with van der Waals surface area (Å²) in [6.45, 7) is 8.83. The van der Waals surface area contributed by atoms with Crippen LogP contribution in [0.4, 0.5) is 0 Å². The van der Waals surface area contributed by atoms with Gasteiger partial charge in [0.1, 0.15) is 6.79 Å². The van der Waals surface area contributed by atoms with E-state index in [2.05, 4.69) is 0 Å². The lowest BCUT2D eigenvalue weighted by molar-refractivity contribution is -0.0748. The molecule has 0 saturated carbocycles. The summed E-state index contributed by atoms with van der Waals surface area (Å²) in [5.74, 6) is 0. The third kappa shape index (κ3) is 11.8. The molecular formula is C9H22N2O2. The summed E-state index contributed by atoms with van der Waals surface area (Å²) in [4.78, 5) is 0. The second-order valence-corrected chi connectivity index (χ2v) is 4.79. The fourth-order valence-corrected chi connectivity index (χ4v) is 0.668. The third-order valence-corrected chi connectivity index (χ3v) is 1.11. The zero-order valence-corrected chi connectivity index (χ0v) is 9.09. The van der Waals surface area contributed by atoms with E-state index in [4.69, 9.17) is 20.9 Å². The fourth-order valence-electron chi connectivity index (χ4n) is 0.668. The molecule has 0 aromatic carbocycles. The van der Waals surface area contributed by atoms with Crippen LogP contribution in [0.2, 0.25) is 0 Å². The van der Waals surface area contributed by atoms with E-state index in [1.807, 2.05) is 27.7 Å². The van der Waals surface area contributed by atoms with E-state index in [9.17, 15) is 0 Å². The van der Waals surface area contributed by atoms with Crippen LogP contribution in [0, 0.1) is 0 Å². The maximum atomic E-state index is 5.70. The smallest absolute Gasteiger partial charge is 0.146 e. The minimum Gasteiger partial charge on any atom is -0.354 e. The van der Waals surface area contributed by atoms with Crippen LogP contribution in [0.25, 0.3) is 0 Å². The largest absolute Gasteiger partial charge is 0.354 e. The summed E-state index contributed by atoms with van der Waals surface area (Å²) in [6.07, 6.45) is 0. The van der Waals surface area contributed by atoms with Gasteiger partial charge in [0, 0.05) is 11.1 Å². The molecule has 0 rings (SSSR count). The molecule has 0 bridgehead atoms. The van der Waals surface area contributed by atoms with Gasteiger partial charge in [-0.15, -0.1) is 0 Å². The normalized spacial score (nSPS) is 13.4. The molecule has 0 spiro atoms. The molecule has 0 unspecified atom stereocenters. The van der Waals surface area contributed by atoms with Crippen molar-refractivity contribution in [3.63, 3.8) is 0 Å². The first-order valence-electron chi connectivity index (χ1n) is 4.44. The van der Waals surface area contributed by atoms with Crippen molar-refractivity contribution in [3.8, 4) is 0 Å². The summed E-state index contributed by atoms with van der Waals surface area (Å²) in [5.41, 5.74) is 10.8. The molecule has 0 aliphatic rings. The first-order chi connectivity index (χ1) is 5.71. The maximum absolute atomic E-state index is 5.70. The SMILES string of the molecule is CC(C)(N)COCOCC(C)(C)N. The lowest BCUT2D eigenvalue weighted by Gasteiger charge is -2.20. The van der Waals surface area contributed by atoms with Gasteiger partial charge in [-0.1, -0.05) is 0 Å². The van der Waals surface area contributed by atoms with Crippen molar-refractivity contribution in [1.82, 2.24) is 0 Å². The highest BCUT2D eigenvalue weighted by molar-refractivity contribution is 4.70. The van der Waals surface area contributed by atoms with Gasteiger partial charge in [-0.05, 0) is 27.7 Å². The minimum absolute atomic E-state index is 0.251. The topological polar surface area (TPSA) is 70.5 Å². The monoisotopic (exact) mass is 190 g/mol. The Balaban J connectivity index is 3.28. The van der Waals surface area contributed by atoms with Gasteiger partial charge in [0.25, 0.3) is 0 Å². The maximum Gasteiger partial charge on any atom is 0.146 e. The van der Waals surface area contributed by atoms with Gasteiger partial charge in [0.15, 0.2) is 0 Å². The van der Waals surface area contributed by atoms with Crippen molar-refractivity contribution in [3.05, 3.63) is 0 Å². The van der Waals surface area contributed by atoms with Gasteiger partial charge in [0.05, 0.1) is 13.2 Å². The van der Waals surface area contributed by atoms with Crippen LogP contribution < -0.4 is 11.5 Å². The van der Waals surface area contributed by atoms with E-state index >= 15 is 0 Å². The van der Waals surface area contributed by atoms with Crippen LogP contribution in [-0.4, -0.2) is 31.1 Å². The highest BCUT2D eigenvalue weighted by atomic mass is 16.7. The van der Waals surface area contributed by atoms with Gasteiger partial charge in [0.2, 0.25) is 0 Å². The predicted octanol–water partition coefficient (Wildman–Crippen LogP) is 0.452. The van der Waals surface area contributed by atoms with Crippen LogP contribution in [0.15, 0.2) is 0 Å². The molecule has 4 nitrogen and oxygen atoms in total. The molecular weight excluding hydrogens is 168 g/mol. The Morgan fingerprint density at radius 1 is 0.846 bits per heavy atom. The van der Waals surface area contributed by atoms with Gasteiger partial charge in [-0.25, -0.2) is 0 Å². The molecule has 80 valence electrons. The van der Waals surface area contributed by atoms with Crippen LogP contribution in [0.3, 0.4) is 0 Å². The molecule has 0 saturated heterocycles. The van der Waals surface area contributed by atoms with E-state index in [1.54, 1.807) is 0 Å². The van der Waals surface area contributed by atoms with Gasteiger partial charge in [-0.2, -0.15) is 0 Å². The minimum atomic E-state index is -0.304. The lowest BCUT2D eigenvalue weighted by Crippen LogP contribution is -2.39. The molecule has 0 fully saturated rings. The molecule has 0 aromatic rings. The number of hydrogen-bond donors (Lipinski definition) is 2. The first kappa shape index (κ1) is 12.8. The summed E-state index contributed by atoms with van der Waals surface area (Å²) in [7, 11) is 0. The quantitative estimate of drug-likeness (QED) is 0.471. The molecule has 0 amide bonds. The second-order valence-electron chi connectivity index (χ2n) is 4.79.